The first-order valence-corrected chi connectivity index (χ1v) is 9.58. The first-order chi connectivity index (χ1) is 13.3. The van der Waals surface area contributed by atoms with Gasteiger partial charge in [0.2, 0.25) is 5.91 Å². The third-order valence-corrected chi connectivity index (χ3v) is 5.89. The summed E-state index contributed by atoms with van der Waals surface area (Å²) >= 11 is 0. The lowest BCUT2D eigenvalue weighted by molar-refractivity contribution is -0.146. The van der Waals surface area contributed by atoms with Gasteiger partial charge in [-0.2, -0.15) is 17.7 Å². The molecule has 1 aliphatic heterocycles. The molecule has 1 amide bonds. The summed E-state index contributed by atoms with van der Waals surface area (Å²) in [6.45, 7) is 5.48. The van der Waals surface area contributed by atoms with E-state index in [4.69, 9.17) is 0 Å². The van der Waals surface area contributed by atoms with Crippen LogP contribution >= 0.6 is 0 Å². The predicted molar refractivity (Wildman–Crippen MR) is 96.0 cm³/mol. The molecule has 152 valence electrons. The lowest BCUT2D eigenvalue weighted by atomic mass is 10.1. The maximum Gasteiger partial charge on any atom is 0.453 e. The lowest BCUT2D eigenvalue weighted by Crippen LogP contribution is -2.52. The Morgan fingerprint density at radius 2 is 1.79 bits per heavy atom. The van der Waals surface area contributed by atoms with Gasteiger partial charge in [-0.3, -0.25) is 4.79 Å². The summed E-state index contributed by atoms with van der Waals surface area (Å²) in [7, 11) is 0. The van der Waals surface area contributed by atoms with Crippen LogP contribution in [0, 0.1) is 19.8 Å². The van der Waals surface area contributed by atoms with Gasteiger partial charge < -0.3 is 9.80 Å². The monoisotopic (exact) mass is 396 g/mol. The van der Waals surface area contributed by atoms with Gasteiger partial charge in [-0.1, -0.05) is 12.8 Å². The van der Waals surface area contributed by atoms with Crippen LogP contribution in [0.2, 0.25) is 0 Å². The van der Waals surface area contributed by atoms with Crippen molar-refractivity contribution in [2.45, 2.75) is 45.7 Å². The highest BCUT2D eigenvalue weighted by atomic mass is 19.4. The Bertz CT molecular complexity index is 903. The highest BCUT2D eigenvalue weighted by Gasteiger charge is 2.39. The molecular formula is C18H23F3N6O. The number of hydrogen-bond acceptors (Lipinski definition) is 5. The number of anilines is 1. The fraction of sp³-hybridized carbons (Fsp3) is 0.667. The van der Waals surface area contributed by atoms with E-state index in [1.807, 2.05) is 4.90 Å². The molecule has 0 N–H and O–H groups in total. The number of carbonyl (C=O) groups excluding carboxylic acids is 1. The molecule has 10 heteroatoms. The van der Waals surface area contributed by atoms with Crippen LogP contribution in [0.1, 0.15) is 42.6 Å². The Labute approximate surface area is 160 Å². The molecule has 2 aromatic rings. The second-order valence-corrected chi connectivity index (χ2v) is 7.74. The van der Waals surface area contributed by atoms with Crippen LogP contribution in [-0.2, 0) is 11.0 Å². The van der Waals surface area contributed by atoms with Crippen molar-refractivity contribution in [3.05, 3.63) is 17.0 Å². The molecule has 2 aliphatic rings. The number of piperazine rings is 1. The second-order valence-electron chi connectivity index (χ2n) is 7.74. The van der Waals surface area contributed by atoms with Crippen molar-refractivity contribution in [3.63, 3.8) is 0 Å². The molecule has 1 saturated heterocycles. The number of hydrogen-bond donors (Lipinski definition) is 0. The minimum atomic E-state index is -4.65. The number of nitrogens with zero attached hydrogens (tertiary/aromatic N) is 6. The summed E-state index contributed by atoms with van der Waals surface area (Å²) in [6, 6.07) is 0. The summed E-state index contributed by atoms with van der Waals surface area (Å²) < 4.78 is 40.4. The van der Waals surface area contributed by atoms with E-state index in [1.54, 1.807) is 18.7 Å². The van der Waals surface area contributed by atoms with Crippen molar-refractivity contribution in [1.82, 2.24) is 24.7 Å². The summed E-state index contributed by atoms with van der Waals surface area (Å²) in [5.41, 5.74) is 1.37. The Kier molecular flexibility index (Phi) is 4.67. The van der Waals surface area contributed by atoms with Crippen molar-refractivity contribution in [2.75, 3.05) is 31.1 Å². The van der Waals surface area contributed by atoms with Gasteiger partial charge >= 0.3 is 6.18 Å². The molecule has 3 heterocycles. The Balaban J connectivity index is 1.60. The number of aromatic nitrogens is 4. The summed E-state index contributed by atoms with van der Waals surface area (Å²) in [5, 5.41) is 11.1. The maximum atomic E-state index is 13.2. The summed E-state index contributed by atoms with van der Waals surface area (Å²) in [6.07, 6.45) is 0.125. The summed E-state index contributed by atoms with van der Waals surface area (Å²) in [5.74, 6) is -0.209. The molecule has 0 spiro atoms. The molecule has 2 aromatic heterocycles. The first kappa shape index (κ1) is 18.9. The highest BCUT2D eigenvalue weighted by Crippen LogP contribution is 2.31. The average Bonchev–Trinajstić information content (AvgIpc) is 3.29. The largest absolute Gasteiger partial charge is 0.453 e. The first-order valence-electron chi connectivity index (χ1n) is 9.58. The van der Waals surface area contributed by atoms with Crippen molar-refractivity contribution in [3.8, 4) is 0 Å². The molecule has 28 heavy (non-hydrogen) atoms. The number of carbonyl (C=O) groups is 1. The zero-order chi connectivity index (χ0) is 20.1. The van der Waals surface area contributed by atoms with Gasteiger partial charge in [0.15, 0.2) is 11.5 Å². The fourth-order valence-corrected chi connectivity index (χ4v) is 4.18. The smallest absolute Gasteiger partial charge is 0.344 e. The van der Waals surface area contributed by atoms with Crippen LogP contribution in [0.15, 0.2) is 0 Å². The molecule has 1 saturated carbocycles. The van der Waals surface area contributed by atoms with Gasteiger partial charge in [-0.25, -0.2) is 0 Å². The minimum Gasteiger partial charge on any atom is -0.344 e. The van der Waals surface area contributed by atoms with Gasteiger partial charge in [0.1, 0.15) is 0 Å². The fourth-order valence-electron chi connectivity index (χ4n) is 4.18. The number of aryl methyl sites for hydroxylation is 1. The highest BCUT2D eigenvalue weighted by molar-refractivity contribution is 5.83. The zero-order valence-corrected chi connectivity index (χ0v) is 16.0. The van der Waals surface area contributed by atoms with E-state index in [-0.39, 0.29) is 18.1 Å². The standard InChI is InChI=1S/C18H23F3N6O/c1-11-12(2)16(24-27-15(11)22-23-17(27)18(19,20)21)26-8-7-25(14(28)10-26)9-13-5-3-4-6-13/h13H,3-10H2,1-2H3. The van der Waals surface area contributed by atoms with Gasteiger partial charge in [-0.05, 0) is 32.6 Å². The van der Waals surface area contributed by atoms with Crippen LogP contribution in [0.25, 0.3) is 5.65 Å². The molecular weight excluding hydrogens is 373 g/mol. The normalized spacial score (nSPS) is 19.2. The quantitative estimate of drug-likeness (QED) is 0.798. The molecule has 0 unspecified atom stereocenters. The zero-order valence-electron chi connectivity index (χ0n) is 16.0. The number of alkyl halides is 3. The van der Waals surface area contributed by atoms with Gasteiger partial charge in [0.05, 0.1) is 6.54 Å². The van der Waals surface area contributed by atoms with Crippen molar-refractivity contribution in [2.24, 2.45) is 5.92 Å². The number of fused-ring (bicyclic) bond motifs is 1. The molecule has 1 aliphatic carbocycles. The Hall–Kier alpha value is -2.39. The van der Waals surface area contributed by atoms with Crippen LogP contribution in [0.5, 0.6) is 0 Å². The van der Waals surface area contributed by atoms with Gasteiger partial charge in [0.25, 0.3) is 5.82 Å². The van der Waals surface area contributed by atoms with Gasteiger partial charge in [-0.15, -0.1) is 15.3 Å². The molecule has 7 nitrogen and oxygen atoms in total. The molecule has 0 atom stereocenters. The second kappa shape index (κ2) is 6.89. The van der Waals surface area contributed by atoms with E-state index in [0.717, 1.165) is 23.9 Å². The van der Waals surface area contributed by atoms with Gasteiger partial charge in [0, 0.05) is 30.8 Å². The molecule has 2 fully saturated rings. The number of rotatable bonds is 3. The van der Waals surface area contributed by atoms with Crippen LogP contribution in [-0.4, -0.2) is 56.8 Å². The van der Waals surface area contributed by atoms with E-state index in [0.29, 0.717) is 36.0 Å². The molecule has 0 aromatic carbocycles. The Morgan fingerprint density at radius 1 is 1.07 bits per heavy atom. The number of halogens is 3. The molecule has 0 bridgehead atoms. The van der Waals surface area contributed by atoms with E-state index >= 15 is 0 Å². The molecule has 0 radical (unpaired) electrons. The topological polar surface area (TPSA) is 66.6 Å². The maximum absolute atomic E-state index is 13.2. The van der Waals surface area contributed by atoms with Crippen LogP contribution < -0.4 is 4.90 Å². The van der Waals surface area contributed by atoms with E-state index in [9.17, 15) is 18.0 Å². The predicted octanol–water partition coefficient (Wildman–Crippen LogP) is 2.60. The third kappa shape index (κ3) is 3.29. The Morgan fingerprint density at radius 3 is 2.43 bits per heavy atom. The average molecular weight is 396 g/mol. The lowest BCUT2D eigenvalue weighted by Gasteiger charge is -2.36. The van der Waals surface area contributed by atoms with Crippen LogP contribution in [0.4, 0.5) is 19.0 Å². The van der Waals surface area contributed by atoms with Crippen LogP contribution in [0.3, 0.4) is 0 Å². The minimum absolute atomic E-state index is 0.00287. The van der Waals surface area contributed by atoms with Crippen molar-refractivity contribution >= 4 is 17.4 Å². The third-order valence-electron chi connectivity index (χ3n) is 5.89. The van der Waals surface area contributed by atoms with Crippen molar-refractivity contribution < 1.29 is 18.0 Å². The summed E-state index contributed by atoms with van der Waals surface area (Å²) in [4.78, 5) is 16.3. The molecule has 4 rings (SSSR count). The van der Waals surface area contributed by atoms with Crippen molar-refractivity contribution in [1.29, 1.82) is 0 Å². The van der Waals surface area contributed by atoms with E-state index in [2.05, 4.69) is 15.3 Å². The van der Waals surface area contributed by atoms with E-state index in [1.165, 1.54) is 12.8 Å². The number of amides is 1. The van der Waals surface area contributed by atoms with E-state index < -0.39 is 12.0 Å². The SMILES string of the molecule is Cc1c(N2CCN(CC3CCCC3)C(=O)C2)nn2c(C(F)(F)F)nnc2c1C.